The van der Waals surface area contributed by atoms with E-state index in [1.165, 1.54) is 10.5 Å². The van der Waals surface area contributed by atoms with Crippen molar-refractivity contribution in [3.05, 3.63) is 18.3 Å². The molecule has 7 heteroatoms. The molecule has 1 unspecified atom stereocenters. The molecule has 20 heavy (non-hydrogen) atoms. The fourth-order valence-corrected chi connectivity index (χ4v) is 4.18. The van der Waals surface area contributed by atoms with Gasteiger partial charge in [0.15, 0.2) is 5.03 Å². The minimum Gasteiger partial charge on any atom is -0.386 e. The van der Waals surface area contributed by atoms with Crippen molar-refractivity contribution in [2.45, 2.75) is 24.9 Å². The maximum Gasteiger partial charge on any atom is 0.262 e. The Bertz CT molecular complexity index is 561. The van der Waals surface area contributed by atoms with E-state index in [0.29, 0.717) is 18.8 Å². The molecule has 1 aliphatic heterocycles. The second kappa shape index (κ2) is 6.07. The van der Waals surface area contributed by atoms with E-state index in [9.17, 15) is 8.42 Å². The highest BCUT2D eigenvalue weighted by atomic mass is 32.2. The van der Waals surface area contributed by atoms with Gasteiger partial charge in [-0.1, -0.05) is 6.92 Å². The van der Waals surface area contributed by atoms with Gasteiger partial charge in [0.05, 0.1) is 5.69 Å². The highest BCUT2D eigenvalue weighted by Crippen LogP contribution is 2.23. The normalized spacial score (nSPS) is 21.9. The van der Waals surface area contributed by atoms with Gasteiger partial charge in [-0.15, -0.1) is 0 Å². The van der Waals surface area contributed by atoms with E-state index in [4.69, 9.17) is 0 Å². The molecule has 1 aromatic heterocycles. The Hall–Kier alpha value is -1.18. The zero-order chi connectivity index (χ0) is 14.8. The second-order valence-corrected chi connectivity index (χ2v) is 6.80. The molecule has 2 heterocycles. The lowest BCUT2D eigenvalue weighted by molar-refractivity contribution is 0.135. The number of rotatable bonds is 4. The van der Waals surface area contributed by atoms with Crippen LogP contribution in [0.1, 0.15) is 13.8 Å². The Morgan fingerprint density at radius 3 is 2.80 bits per heavy atom. The first-order valence-electron chi connectivity index (χ1n) is 6.87. The lowest BCUT2D eigenvalue weighted by atomic mass is 10.2. The van der Waals surface area contributed by atoms with E-state index in [1.54, 1.807) is 19.2 Å². The Morgan fingerprint density at radius 2 is 2.20 bits per heavy atom. The van der Waals surface area contributed by atoms with Crippen molar-refractivity contribution in [3.8, 4) is 0 Å². The number of piperazine rings is 1. The number of aromatic nitrogens is 1. The first-order chi connectivity index (χ1) is 9.50. The van der Waals surface area contributed by atoms with Crippen LogP contribution in [0.4, 0.5) is 5.69 Å². The SMILES string of the molecule is CCN1CCN(S(=O)(=O)c2ncccc2NC)CC1C. The summed E-state index contributed by atoms with van der Waals surface area (Å²) in [5.41, 5.74) is 0.540. The molecule has 112 valence electrons. The summed E-state index contributed by atoms with van der Waals surface area (Å²) in [5, 5.41) is 3.00. The molecule has 0 aliphatic carbocycles. The van der Waals surface area contributed by atoms with Gasteiger partial charge in [-0.2, -0.15) is 4.31 Å². The number of sulfonamides is 1. The van der Waals surface area contributed by atoms with Gasteiger partial charge in [-0.05, 0) is 25.6 Å². The van der Waals surface area contributed by atoms with E-state index < -0.39 is 10.0 Å². The van der Waals surface area contributed by atoms with Crippen LogP contribution in [-0.4, -0.2) is 61.9 Å². The molecule has 1 saturated heterocycles. The first kappa shape index (κ1) is 15.2. The lowest BCUT2D eigenvalue weighted by Crippen LogP contribution is -2.53. The molecule has 0 radical (unpaired) electrons. The summed E-state index contributed by atoms with van der Waals surface area (Å²) in [6, 6.07) is 3.68. The van der Waals surface area contributed by atoms with Gasteiger partial charge in [0.1, 0.15) is 0 Å². The number of pyridine rings is 1. The van der Waals surface area contributed by atoms with Crippen molar-refractivity contribution < 1.29 is 8.42 Å². The third-order valence-electron chi connectivity index (χ3n) is 3.76. The molecule has 0 spiro atoms. The zero-order valence-corrected chi connectivity index (χ0v) is 13.0. The number of likely N-dealkylation sites (N-methyl/N-ethyl adjacent to an activating group) is 1. The molecule has 1 fully saturated rings. The Kier molecular flexibility index (Phi) is 4.62. The summed E-state index contributed by atoms with van der Waals surface area (Å²) in [6.45, 7) is 6.89. The fourth-order valence-electron chi connectivity index (χ4n) is 2.56. The topological polar surface area (TPSA) is 65.5 Å². The van der Waals surface area contributed by atoms with E-state index in [1.807, 2.05) is 0 Å². The Labute approximate surface area is 120 Å². The maximum atomic E-state index is 12.7. The highest BCUT2D eigenvalue weighted by molar-refractivity contribution is 7.89. The number of hydrogen-bond acceptors (Lipinski definition) is 5. The molecular weight excluding hydrogens is 276 g/mol. The van der Waals surface area contributed by atoms with Crippen molar-refractivity contribution in [1.82, 2.24) is 14.2 Å². The van der Waals surface area contributed by atoms with Crippen LogP contribution in [0.3, 0.4) is 0 Å². The van der Waals surface area contributed by atoms with Gasteiger partial charge in [0.2, 0.25) is 0 Å². The van der Waals surface area contributed by atoms with Crippen LogP contribution in [0.2, 0.25) is 0 Å². The van der Waals surface area contributed by atoms with Gasteiger partial charge in [-0.3, -0.25) is 4.90 Å². The summed E-state index contributed by atoms with van der Waals surface area (Å²) in [7, 11) is -1.83. The summed E-state index contributed by atoms with van der Waals surface area (Å²) in [4.78, 5) is 6.34. The van der Waals surface area contributed by atoms with Crippen LogP contribution < -0.4 is 5.32 Å². The average molecular weight is 298 g/mol. The lowest BCUT2D eigenvalue weighted by Gasteiger charge is -2.38. The van der Waals surface area contributed by atoms with Crippen molar-refractivity contribution in [1.29, 1.82) is 0 Å². The fraction of sp³-hybridized carbons (Fsp3) is 0.615. The van der Waals surface area contributed by atoms with Crippen molar-refractivity contribution in [2.24, 2.45) is 0 Å². The molecule has 1 aromatic rings. The van der Waals surface area contributed by atoms with Gasteiger partial charge in [-0.25, -0.2) is 13.4 Å². The Morgan fingerprint density at radius 1 is 1.45 bits per heavy atom. The number of hydrogen-bond donors (Lipinski definition) is 1. The molecule has 0 amide bonds. The van der Waals surface area contributed by atoms with Gasteiger partial charge in [0.25, 0.3) is 10.0 Å². The largest absolute Gasteiger partial charge is 0.386 e. The van der Waals surface area contributed by atoms with Crippen LogP contribution in [0.25, 0.3) is 0 Å². The standard InChI is InChI=1S/C13H22N4O2S/c1-4-16-8-9-17(10-11(16)2)20(18,19)13-12(14-3)6-5-7-15-13/h5-7,11,14H,4,8-10H2,1-3H3. The monoisotopic (exact) mass is 298 g/mol. The summed E-state index contributed by atoms with van der Waals surface area (Å²) >= 11 is 0. The van der Waals surface area contributed by atoms with Crippen LogP contribution in [-0.2, 0) is 10.0 Å². The van der Waals surface area contributed by atoms with Crippen molar-refractivity contribution >= 4 is 15.7 Å². The van der Waals surface area contributed by atoms with Crippen molar-refractivity contribution in [2.75, 3.05) is 38.5 Å². The second-order valence-electron chi connectivity index (χ2n) is 4.95. The van der Waals surface area contributed by atoms with E-state index >= 15 is 0 Å². The van der Waals surface area contributed by atoms with Crippen LogP contribution >= 0.6 is 0 Å². The predicted molar refractivity (Wildman–Crippen MR) is 79.3 cm³/mol. The first-order valence-corrected chi connectivity index (χ1v) is 8.31. The third kappa shape index (κ3) is 2.79. The molecular formula is C13H22N4O2S. The molecule has 1 N–H and O–H groups in total. The molecule has 6 nitrogen and oxygen atoms in total. The van der Waals surface area contributed by atoms with E-state index in [2.05, 4.69) is 29.0 Å². The molecule has 0 aromatic carbocycles. The molecule has 1 aliphatic rings. The summed E-state index contributed by atoms with van der Waals surface area (Å²) in [6.07, 6.45) is 1.51. The van der Waals surface area contributed by atoms with Gasteiger partial charge < -0.3 is 5.32 Å². The zero-order valence-electron chi connectivity index (χ0n) is 12.2. The Balaban J connectivity index is 2.27. The maximum absolute atomic E-state index is 12.7. The quantitative estimate of drug-likeness (QED) is 0.892. The molecule has 2 rings (SSSR count). The molecule has 0 saturated carbocycles. The van der Waals surface area contributed by atoms with Crippen molar-refractivity contribution in [3.63, 3.8) is 0 Å². The molecule has 0 bridgehead atoms. The van der Waals surface area contributed by atoms with Gasteiger partial charge in [0, 0.05) is 38.9 Å². The predicted octanol–water partition coefficient (Wildman–Crippen LogP) is 0.838. The van der Waals surface area contributed by atoms with Crippen LogP contribution in [0.15, 0.2) is 23.4 Å². The molecule has 1 atom stereocenters. The third-order valence-corrected chi connectivity index (χ3v) is 5.58. The number of nitrogens with zero attached hydrogens (tertiary/aromatic N) is 3. The smallest absolute Gasteiger partial charge is 0.262 e. The summed E-state index contributed by atoms with van der Waals surface area (Å²) < 4.78 is 27.0. The van der Waals surface area contributed by atoms with E-state index in [-0.39, 0.29) is 11.1 Å². The van der Waals surface area contributed by atoms with Gasteiger partial charge >= 0.3 is 0 Å². The highest BCUT2D eigenvalue weighted by Gasteiger charge is 2.33. The number of anilines is 1. The average Bonchev–Trinajstić information content (AvgIpc) is 2.47. The summed E-state index contributed by atoms with van der Waals surface area (Å²) in [5.74, 6) is 0. The van der Waals surface area contributed by atoms with Crippen LogP contribution in [0.5, 0.6) is 0 Å². The number of nitrogens with one attached hydrogen (secondary N) is 1. The minimum atomic E-state index is -3.54. The van der Waals surface area contributed by atoms with E-state index in [0.717, 1.165) is 13.1 Å². The minimum absolute atomic E-state index is 0.111. The van der Waals surface area contributed by atoms with Crippen LogP contribution in [0, 0.1) is 0 Å².